The molecule has 0 aromatic carbocycles. The van der Waals surface area contributed by atoms with Crippen molar-refractivity contribution in [1.82, 2.24) is 0 Å². The molecule has 0 aliphatic rings. The van der Waals surface area contributed by atoms with Gasteiger partial charge in [-0.05, 0) is 20.3 Å². The molecular weight excluding hydrogens is 182 g/mol. The number of carbonyl (C=O) groups is 2. The fraction of sp³-hybridized carbons (Fsp3) is 0.700. The number of isocyanates is 1. The van der Waals surface area contributed by atoms with Crippen LogP contribution in [-0.4, -0.2) is 23.2 Å². The largest absolute Gasteiger partial charge is 0.297 e. The molecule has 0 saturated heterocycles. The number of carbonyl (C=O) groups excluding carboxylic acids is 3. The van der Waals surface area contributed by atoms with Gasteiger partial charge in [0.2, 0.25) is 6.08 Å². The maximum atomic E-state index is 11.3. The fourth-order valence-corrected chi connectivity index (χ4v) is 1.32. The Hall–Kier alpha value is -1.28. The molecule has 0 amide bonds. The number of rotatable bonds is 6. The van der Waals surface area contributed by atoms with E-state index in [1.165, 1.54) is 19.9 Å². The minimum atomic E-state index is -1.47. The van der Waals surface area contributed by atoms with E-state index < -0.39 is 5.54 Å². The maximum Gasteiger partial charge on any atom is 0.236 e. The molecule has 0 aromatic rings. The third kappa shape index (κ3) is 2.60. The summed E-state index contributed by atoms with van der Waals surface area (Å²) in [4.78, 5) is 36.2. The Morgan fingerprint density at radius 1 is 1.29 bits per heavy atom. The highest BCUT2D eigenvalue weighted by Gasteiger charge is 2.39. The summed E-state index contributed by atoms with van der Waals surface area (Å²) in [6.07, 6.45) is 3.14. The standard InChI is InChI=1S/C10H15NO3/c1-4-5-6-10(8(2)13,9(3)14)11-7-12/h4-6H2,1-3H3. The van der Waals surface area contributed by atoms with Crippen molar-refractivity contribution in [2.75, 3.05) is 0 Å². The number of nitrogens with zero attached hydrogens (tertiary/aromatic N) is 1. The molecule has 0 aliphatic heterocycles. The van der Waals surface area contributed by atoms with Crippen LogP contribution in [0, 0.1) is 0 Å². The molecule has 0 rings (SSSR count). The van der Waals surface area contributed by atoms with E-state index in [1.807, 2.05) is 6.92 Å². The molecular formula is C10H15NO3. The van der Waals surface area contributed by atoms with Gasteiger partial charge in [-0.2, -0.15) is 4.99 Å². The van der Waals surface area contributed by atoms with Crippen LogP contribution in [0.2, 0.25) is 0 Å². The molecule has 0 atom stereocenters. The van der Waals surface area contributed by atoms with E-state index in [4.69, 9.17) is 0 Å². The smallest absolute Gasteiger partial charge is 0.236 e. The zero-order chi connectivity index (χ0) is 11.2. The number of ketones is 2. The molecule has 0 bridgehead atoms. The molecule has 0 N–H and O–H groups in total. The zero-order valence-electron chi connectivity index (χ0n) is 8.79. The van der Waals surface area contributed by atoms with Crippen molar-refractivity contribution >= 4 is 17.6 Å². The summed E-state index contributed by atoms with van der Waals surface area (Å²) < 4.78 is 0. The summed E-state index contributed by atoms with van der Waals surface area (Å²) in [6, 6.07) is 0. The van der Waals surface area contributed by atoms with E-state index in [0.29, 0.717) is 12.8 Å². The Bertz CT molecular complexity index is 258. The third-order valence-electron chi connectivity index (χ3n) is 2.29. The molecule has 4 nitrogen and oxygen atoms in total. The first-order chi connectivity index (χ1) is 6.51. The Labute approximate surface area is 83.4 Å². The van der Waals surface area contributed by atoms with Crippen molar-refractivity contribution in [3.8, 4) is 0 Å². The van der Waals surface area contributed by atoms with Gasteiger partial charge in [-0.25, -0.2) is 4.79 Å². The summed E-state index contributed by atoms with van der Waals surface area (Å²) >= 11 is 0. The van der Waals surface area contributed by atoms with Crippen molar-refractivity contribution in [1.29, 1.82) is 0 Å². The number of hydrogen-bond acceptors (Lipinski definition) is 4. The van der Waals surface area contributed by atoms with Gasteiger partial charge in [0, 0.05) is 0 Å². The lowest BCUT2D eigenvalue weighted by Crippen LogP contribution is -2.42. The summed E-state index contributed by atoms with van der Waals surface area (Å²) in [5.74, 6) is -0.774. The summed E-state index contributed by atoms with van der Waals surface area (Å²) in [7, 11) is 0. The molecule has 0 spiro atoms. The molecule has 0 aromatic heterocycles. The van der Waals surface area contributed by atoms with Crippen LogP contribution in [0.5, 0.6) is 0 Å². The van der Waals surface area contributed by atoms with E-state index in [9.17, 15) is 14.4 Å². The van der Waals surface area contributed by atoms with Crippen molar-refractivity contribution in [2.45, 2.75) is 45.6 Å². The molecule has 4 heteroatoms. The first-order valence-electron chi connectivity index (χ1n) is 4.62. The van der Waals surface area contributed by atoms with Gasteiger partial charge in [0.15, 0.2) is 17.1 Å². The van der Waals surface area contributed by atoms with Gasteiger partial charge in [-0.15, -0.1) is 0 Å². The van der Waals surface area contributed by atoms with E-state index in [-0.39, 0.29) is 11.6 Å². The zero-order valence-corrected chi connectivity index (χ0v) is 8.79. The number of aliphatic imine (C=N–C) groups is 1. The van der Waals surface area contributed by atoms with E-state index in [1.54, 1.807) is 0 Å². The monoisotopic (exact) mass is 197 g/mol. The second kappa shape index (κ2) is 5.45. The molecule has 0 fully saturated rings. The van der Waals surface area contributed by atoms with Crippen LogP contribution >= 0.6 is 0 Å². The molecule has 0 radical (unpaired) electrons. The predicted octanol–water partition coefficient (Wildman–Crippen LogP) is 1.43. The van der Waals surface area contributed by atoms with Crippen molar-refractivity contribution in [3.05, 3.63) is 0 Å². The molecule has 0 heterocycles. The van der Waals surface area contributed by atoms with E-state index in [2.05, 4.69) is 4.99 Å². The summed E-state index contributed by atoms with van der Waals surface area (Å²) in [5, 5.41) is 0. The van der Waals surface area contributed by atoms with Crippen LogP contribution in [0.3, 0.4) is 0 Å². The summed E-state index contributed by atoms with van der Waals surface area (Å²) in [5.41, 5.74) is -1.47. The third-order valence-corrected chi connectivity index (χ3v) is 2.29. The van der Waals surface area contributed by atoms with Crippen LogP contribution in [0.25, 0.3) is 0 Å². The topological polar surface area (TPSA) is 63.6 Å². The lowest BCUT2D eigenvalue weighted by Gasteiger charge is -2.21. The van der Waals surface area contributed by atoms with Crippen LogP contribution < -0.4 is 0 Å². The Balaban J connectivity index is 5.04. The molecule has 0 aliphatic carbocycles. The molecule has 0 unspecified atom stereocenters. The van der Waals surface area contributed by atoms with Gasteiger partial charge in [0.25, 0.3) is 0 Å². The van der Waals surface area contributed by atoms with E-state index >= 15 is 0 Å². The highest BCUT2D eigenvalue weighted by atomic mass is 16.2. The van der Waals surface area contributed by atoms with Crippen LogP contribution in [-0.2, 0) is 14.4 Å². The minimum Gasteiger partial charge on any atom is -0.297 e. The number of hydrogen-bond donors (Lipinski definition) is 0. The van der Waals surface area contributed by atoms with Crippen LogP contribution in [0.4, 0.5) is 0 Å². The van der Waals surface area contributed by atoms with Crippen molar-refractivity contribution in [3.63, 3.8) is 0 Å². The molecule has 0 saturated carbocycles. The van der Waals surface area contributed by atoms with Crippen LogP contribution in [0.15, 0.2) is 4.99 Å². The summed E-state index contributed by atoms with van der Waals surface area (Å²) in [6.45, 7) is 4.49. The maximum absolute atomic E-state index is 11.3. The number of unbranched alkanes of at least 4 members (excludes halogenated alkanes) is 1. The Morgan fingerprint density at radius 3 is 2.07 bits per heavy atom. The lowest BCUT2D eigenvalue weighted by atomic mass is 9.86. The van der Waals surface area contributed by atoms with Crippen LogP contribution in [0.1, 0.15) is 40.0 Å². The first kappa shape index (κ1) is 12.7. The second-order valence-corrected chi connectivity index (χ2v) is 3.28. The van der Waals surface area contributed by atoms with E-state index in [0.717, 1.165) is 6.42 Å². The van der Waals surface area contributed by atoms with Gasteiger partial charge in [-0.1, -0.05) is 19.8 Å². The SMILES string of the molecule is CCCCC(N=C=O)(C(C)=O)C(C)=O. The second-order valence-electron chi connectivity index (χ2n) is 3.28. The highest BCUT2D eigenvalue weighted by Crippen LogP contribution is 2.21. The van der Waals surface area contributed by atoms with Gasteiger partial charge < -0.3 is 0 Å². The van der Waals surface area contributed by atoms with Crippen molar-refractivity contribution in [2.24, 2.45) is 4.99 Å². The van der Waals surface area contributed by atoms with Gasteiger partial charge in [-0.3, -0.25) is 9.59 Å². The Kier molecular flexibility index (Phi) is 4.95. The number of Topliss-reactive ketones (excluding diaryl/α,β-unsaturated/α-hetero) is 2. The average Bonchev–Trinajstić information content (AvgIpc) is 2.11. The normalized spacial score (nSPS) is 10.5. The predicted molar refractivity (Wildman–Crippen MR) is 51.7 cm³/mol. The molecule has 14 heavy (non-hydrogen) atoms. The quantitative estimate of drug-likeness (QED) is 0.367. The first-order valence-corrected chi connectivity index (χ1v) is 4.62. The Morgan fingerprint density at radius 2 is 1.79 bits per heavy atom. The lowest BCUT2D eigenvalue weighted by molar-refractivity contribution is -0.132. The van der Waals surface area contributed by atoms with Gasteiger partial charge >= 0.3 is 0 Å². The van der Waals surface area contributed by atoms with Gasteiger partial charge in [0.1, 0.15) is 0 Å². The molecule has 78 valence electrons. The highest BCUT2D eigenvalue weighted by molar-refractivity contribution is 6.10. The minimum absolute atomic E-state index is 0.295. The van der Waals surface area contributed by atoms with Crippen molar-refractivity contribution < 1.29 is 14.4 Å². The fourth-order valence-electron chi connectivity index (χ4n) is 1.32. The van der Waals surface area contributed by atoms with Gasteiger partial charge in [0.05, 0.1) is 0 Å². The average molecular weight is 197 g/mol.